The van der Waals surface area contributed by atoms with Crippen LogP contribution in [0, 0.1) is 11.8 Å². The van der Waals surface area contributed by atoms with Gasteiger partial charge in [0.05, 0.1) is 0 Å². The summed E-state index contributed by atoms with van der Waals surface area (Å²) in [5.74, 6) is 1.24. The SMILES string of the molecule is OP(O)(=S)OP(O)(=S)NC1CC2CCC1C2. The minimum absolute atomic E-state index is 0.135. The van der Waals surface area contributed by atoms with Gasteiger partial charge in [0.25, 0.3) is 6.64 Å². The van der Waals surface area contributed by atoms with Crippen LogP contribution >= 0.6 is 13.4 Å². The second kappa shape index (κ2) is 4.65. The quantitative estimate of drug-likeness (QED) is 0.581. The Morgan fingerprint density at radius 2 is 1.81 bits per heavy atom. The summed E-state index contributed by atoms with van der Waals surface area (Å²) in [5, 5.41) is 2.84. The fourth-order valence-corrected chi connectivity index (χ4v) is 7.35. The number of hydrogen-bond donors (Lipinski definition) is 4. The molecule has 0 radical (unpaired) electrons. The highest BCUT2D eigenvalue weighted by molar-refractivity contribution is 8.14. The van der Waals surface area contributed by atoms with Gasteiger partial charge in [-0.25, -0.2) is 9.40 Å². The van der Waals surface area contributed by atoms with Crippen LogP contribution in [0.4, 0.5) is 0 Å². The summed E-state index contributed by atoms with van der Waals surface area (Å²) in [6.07, 6.45) is 4.53. The lowest BCUT2D eigenvalue weighted by Crippen LogP contribution is -2.31. The fraction of sp³-hybridized carbons (Fsp3) is 1.00. The monoisotopic (exact) mass is 303 g/mol. The second-order valence-electron chi connectivity index (χ2n) is 4.50. The Morgan fingerprint density at radius 1 is 1.12 bits per heavy atom. The number of fused-ring (bicyclic) bond motifs is 2. The molecule has 0 heterocycles. The van der Waals surface area contributed by atoms with E-state index in [1.165, 1.54) is 12.8 Å². The maximum atomic E-state index is 9.77. The molecule has 16 heavy (non-hydrogen) atoms. The standard InChI is InChI=1S/C7H15NO4P2S2/c9-13(15,12-14(10,11)16)8-7-4-5-1-2-6(7)3-5/h5-7H,1-4H2,(H2,8,9,15)(H2,10,11,16). The first kappa shape index (κ1) is 13.5. The molecule has 2 rings (SSSR count). The van der Waals surface area contributed by atoms with Crippen LogP contribution in [-0.4, -0.2) is 20.7 Å². The van der Waals surface area contributed by atoms with Crippen molar-refractivity contribution in [3.05, 3.63) is 0 Å². The molecular weight excluding hydrogens is 288 g/mol. The summed E-state index contributed by atoms with van der Waals surface area (Å²) in [6.45, 7) is -7.26. The minimum Gasteiger partial charge on any atom is -0.333 e. The summed E-state index contributed by atoms with van der Waals surface area (Å²) >= 11 is 9.12. The first-order valence-corrected chi connectivity index (χ1v) is 10.4. The van der Waals surface area contributed by atoms with Crippen molar-refractivity contribution in [2.45, 2.75) is 31.7 Å². The summed E-state index contributed by atoms with van der Waals surface area (Å²) < 4.78 is 4.60. The maximum Gasteiger partial charge on any atom is 0.328 e. The van der Waals surface area contributed by atoms with Gasteiger partial charge in [0, 0.05) is 6.04 Å². The minimum atomic E-state index is -3.89. The Hall–Kier alpha value is 1.10. The predicted octanol–water partition coefficient (Wildman–Crippen LogP) is 1.21. The number of rotatable bonds is 4. The summed E-state index contributed by atoms with van der Waals surface area (Å²) in [4.78, 5) is 27.7. The van der Waals surface area contributed by atoms with E-state index in [1.54, 1.807) is 0 Å². The zero-order valence-electron chi connectivity index (χ0n) is 8.52. The van der Waals surface area contributed by atoms with Gasteiger partial charge in [0.2, 0.25) is 0 Å². The van der Waals surface area contributed by atoms with Crippen LogP contribution in [0.3, 0.4) is 0 Å². The lowest BCUT2D eigenvalue weighted by Gasteiger charge is -2.28. The van der Waals surface area contributed by atoms with Crippen LogP contribution in [0.25, 0.3) is 0 Å². The summed E-state index contributed by atoms with van der Waals surface area (Å²) in [6, 6.07) is 0.135. The highest BCUT2D eigenvalue weighted by Crippen LogP contribution is 2.57. The predicted molar refractivity (Wildman–Crippen MR) is 68.7 cm³/mol. The van der Waals surface area contributed by atoms with Crippen molar-refractivity contribution in [1.29, 1.82) is 0 Å². The third kappa shape index (κ3) is 3.55. The largest absolute Gasteiger partial charge is 0.333 e. The molecule has 94 valence electrons. The van der Waals surface area contributed by atoms with E-state index in [2.05, 4.69) is 21.2 Å². The van der Waals surface area contributed by atoms with Crippen LogP contribution in [0.2, 0.25) is 0 Å². The molecule has 0 aromatic heterocycles. The fourth-order valence-electron chi connectivity index (χ4n) is 2.78. The Labute approximate surface area is 105 Å². The van der Waals surface area contributed by atoms with Crippen molar-refractivity contribution < 1.29 is 19.0 Å². The highest BCUT2D eigenvalue weighted by atomic mass is 32.5. The molecule has 4 unspecified atom stereocenters. The molecule has 0 spiro atoms. The van der Waals surface area contributed by atoms with Crippen LogP contribution in [0.5, 0.6) is 0 Å². The van der Waals surface area contributed by atoms with Crippen molar-refractivity contribution in [3.8, 4) is 0 Å². The third-order valence-corrected chi connectivity index (χ3v) is 7.19. The third-order valence-electron chi connectivity index (χ3n) is 3.28. The van der Waals surface area contributed by atoms with Crippen molar-refractivity contribution in [3.63, 3.8) is 0 Å². The molecule has 5 nitrogen and oxygen atoms in total. The average Bonchev–Trinajstić information content (AvgIpc) is 2.57. The molecule has 0 aromatic carbocycles. The number of hydrogen-bond acceptors (Lipinski definition) is 3. The Morgan fingerprint density at radius 3 is 2.25 bits per heavy atom. The van der Waals surface area contributed by atoms with Crippen LogP contribution in [0.1, 0.15) is 25.7 Å². The van der Waals surface area contributed by atoms with E-state index in [-0.39, 0.29) is 6.04 Å². The van der Waals surface area contributed by atoms with Gasteiger partial charge in [0.1, 0.15) is 0 Å². The molecule has 2 saturated carbocycles. The van der Waals surface area contributed by atoms with Gasteiger partial charge < -0.3 is 14.7 Å². The molecule has 2 aliphatic carbocycles. The summed E-state index contributed by atoms with van der Waals surface area (Å²) in [7, 11) is 0. The van der Waals surface area contributed by atoms with Gasteiger partial charge in [-0.2, -0.15) is 0 Å². The van der Waals surface area contributed by atoms with Crippen LogP contribution < -0.4 is 5.09 Å². The lowest BCUT2D eigenvalue weighted by atomic mass is 9.96. The van der Waals surface area contributed by atoms with Gasteiger partial charge in [-0.15, -0.1) is 0 Å². The average molecular weight is 303 g/mol. The Kier molecular flexibility index (Phi) is 3.93. The van der Waals surface area contributed by atoms with Gasteiger partial charge in [-0.05, 0) is 54.7 Å². The maximum absolute atomic E-state index is 9.77. The van der Waals surface area contributed by atoms with E-state index in [1.807, 2.05) is 0 Å². The van der Waals surface area contributed by atoms with E-state index in [0.29, 0.717) is 11.8 Å². The molecular formula is C7H15NO4P2S2. The normalized spacial score (nSPS) is 37.6. The number of nitrogens with one attached hydrogen (secondary N) is 1. The first-order chi connectivity index (χ1) is 7.25. The Balaban J connectivity index is 1.94. The molecule has 0 aliphatic heterocycles. The molecule has 4 N–H and O–H groups in total. The molecule has 9 heteroatoms. The molecule has 0 saturated heterocycles. The van der Waals surface area contributed by atoms with Gasteiger partial charge in [0.15, 0.2) is 0 Å². The van der Waals surface area contributed by atoms with Gasteiger partial charge >= 0.3 is 6.72 Å². The smallest absolute Gasteiger partial charge is 0.328 e. The van der Waals surface area contributed by atoms with Crippen molar-refractivity contribution in [2.75, 3.05) is 0 Å². The molecule has 4 atom stereocenters. The lowest BCUT2D eigenvalue weighted by molar-refractivity contribution is 0.337. The molecule has 0 amide bonds. The molecule has 2 aliphatic rings. The van der Waals surface area contributed by atoms with Crippen molar-refractivity contribution in [2.24, 2.45) is 11.8 Å². The van der Waals surface area contributed by atoms with E-state index < -0.39 is 13.4 Å². The van der Waals surface area contributed by atoms with E-state index in [4.69, 9.17) is 21.6 Å². The molecule has 0 aromatic rings. The van der Waals surface area contributed by atoms with Crippen LogP contribution in [0.15, 0.2) is 0 Å². The summed E-state index contributed by atoms with van der Waals surface area (Å²) in [5.41, 5.74) is 0. The van der Waals surface area contributed by atoms with E-state index >= 15 is 0 Å². The van der Waals surface area contributed by atoms with Crippen molar-refractivity contribution in [1.82, 2.24) is 5.09 Å². The zero-order valence-corrected chi connectivity index (χ0v) is 11.9. The second-order valence-corrected chi connectivity index (χ2v) is 10.3. The van der Waals surface area contributed by atoms with E-state index in [0.717, 1.165) is 12.8 Å². The molecule has 2 fully saturated rings. The highest BCUT2D eigenvalue weighted by Gasteiger charge is 2.41. The van der Waals surface area contributed by atoms with Gasteiger partial charge in [-0.1, -0.05) is 6.42 Å². The van der Waals surface area contributed by atoms with Crippen LogP contribution in [-0.2, 0) is 27.9 Å². The van der Waals surface area contributed by atoms with Gasteiger partial charge in [-0.3, -0.25) is 0 Å². The topological polar surface area (TPSA) is 82.0 Å². The first-order valence-electron chi connectivity index (χ1n) is 5.13. The van der Waals surface area contributed by atoms with E-state index in [9.17, 15) is 4.89 Å². The zero-order chi connectivity index (χ0) is 12.0. The molecule has 2 bridgehead atoms. The van der Waals surface area contributed by atoms with Crippen molar-refractivity contribution >= 4 is 37.0 Å². The Bertz CT molecular complexity index is 373.